The lowest BCUT2D eigenvalue weighted by Crippen LogP contribution is -2.14. The van der Waals surface area contributed by atoms with Crippen molar-refractivity contribution in [1.82, 2.24) is 0 Å². The van der Waals surface area contributed by atoms with Crippen molar-refractivity contribution in [2.75, 3.05) is 19.5 Å². The molecule has 1 amide bonds. The number of nitrogens with one attached hydrogen (secondary N) is 1. The Bertz CT molecular complexity index is 648. The van der Waals surface area contributed by atoms with E-state index in [4.69, 9.17) is 9.47 Å². The van der Waals surface area contributed by atoms with Gasteiger partial charge in [-0.1, -0.05) is 6.07 Å². The molecule has 4 nitrogen and oxygen atoms in total. The number of carbonyl (C=O) groups is 1. The van der Waals surface area contributed by atoms with Crippen LogP contribution in [0.5, 0.6) is 11.5 Å². The van der Waals surface area contributed by atoms with Crippen molar-refractivity contribution in [3.63, 3.8) is 0 Å². The summed E-state index contributed by atoms with van der Waals surface area (Å²) >= 11 is 0. The van der Waals surface area contributed by atoms with Crippen LogP contribution < -0.4 is 14.8 Å². The maximum atomic E-state index is 13.8. The molecule has 0 atom stereocenters. The fourth-order valence-corrected chi connectivity index (χ4v) is 1.88. The summed E-state index contributed by atoms with van der Waals surface area (Å²) < 4.78 is 24.0. The molecule has 21 heavy (non-hydrogen) atoms. The van der Waals surface area contributed by atoms with Crippen molar-refractivity contribution < 1.29 is 18.7 Å². The van der Waals surface area contributed by atoms with Gasteiger partial charge in [0.25, 0.3) is 5.91 Å². The number of ether oxygens (including phenoxy) is 2. The normalized spacial score (nSPS) is 10.1. The van der Waals surface area contributed by atoms with Gasteiger partial charge in [0.2, 0.25) is 0 Å². The number of hydrogen-bond acceptors (Lipinski definition) is 3. The van der Waals surface area contributed by atoms with Gasteiger partial charge in [0, 0.05) is 23.9 Å². The molecule has 0 aliphatic heterocycles. The molecule has 1 N–H and O–H groups in total. The van der Waals surface area contributed by atoms with Crippen LogP contribution in [0.25, 0.3) is 0 Å². The molecule has 0 fully saturated rings. The van der Waals surface area contributed by atoms with E-state index in [9.17, 15) is 9.18 Å². The van der Waals surface area contributed by atoms with E-state index in [1.54, 1.807) is 31.2 Å². The predicted molar refractivity (Wildman–Crippen MR) is 78.6 cm³/mol. The molecule has 0 heterocycles. The Morgan fingerprint density at radius 2 is 1.67 bits per heavy atom. The zero-order chi connectivity index (χ0) is 15.4. The number of carbonyl (C=O) groups excluding carboxylic acids is 1. The summed E-state index contributed by atoms with van der Waals surface area (Å²) in [5.41, 5.74) is 1.21. The summed E-state index contributed by atoms with van der Waals surface area (Å²) in [5.74, 6) is -0.00627. The van der Waals surface area contributed by atoms with Crippen molar-refractivity contribution in [2.45, 2.75) is 6.92 Å². The van der Waals surface area contributed by atoms with Gasteiger partial charge in [-0.25, -0.2) is 4.39 Å². The molecule has 0 aliphatic rings. The molecule has 0 aromatic heterocycles. The average molecular weight is 289 g/mol. The van der Waals surface area contributed by atoms with Gasteiger partial charge in [-0.3, -0.25) is 4.79 Å². The molecule has 0 unspecified atom stereocenters. The van der Waals surface area contributed by atoms with Crippen LogP contribution in [0.2, 0.25) is 0 Å². The van der Waals surface area contributed by atoms with E-state index in [1.807, 2.05) is 0 Å². The molecule has 110 valence electrons. The number of amides is 1. The van der Waals surface area contributed by atoms with Crippen LogP contribution in [-0.2, 0) is 0 Å². The van der Waals surface area contributed by atoms with Crippen LogP contribution in [0.15, 0.2) is 36.4 Å². The highest BCUT2D eigenvalue weighted by Gasteiger charge is 2.13. The molecule has 0 spiro atoms. The number of aryl methyl sites for hydroxylation is 1. The Hall–Kier alpha value is -2.56. The Balaban J connectivity index is 2.26. The Labute approximate surface area is 122 Å². The third-order valence-corrected chi connectivity index (χ3v) is 2.98. The minimum absolute atomic E-state index is 0.0117. The third kappa shape index (κ3) is 3.51. The molecule has 2 aromatic rings. The number of halogens is 1. The topological polar surface area (TPSA) is 47.6 Å². The Kier molecular flexibility index (Phi) is 4.42. The van der Waals surface area contributed by atoms with E-state index in [-0.39, 0.29) is 5.56 Å². The highest BCUT2D eigenvalue weighted by molar-refractivity contribution is 6.04. The van der Waals surface area contributed by atoms with Gasteiger partial charge in [0.15, 0.2) is 0 Å². The van der Waals surface area contributed by atoms with Gasteiger partial charge in [-0.2, -0.15) is 0 Å². The van der Waals surface area contributed by atoms with E-state index in [0.717, 1.165) is 5.56 Å². The SMILES string of the molecule is COc1cc(NC(=O)c2ccc(C)cc2F)cc(OC)c1. The van der Waals surface area contributed by atoms with Gasteiger partial charge in [0.05, 0.1) is 19.8 Å². The largest absolute Gasteiger partial charge is 0.497 e. The molecule has 0 radical (unpaired) electrons. The first-order valence-electron chi connectivity index (χ1n) is 6.34. The van der Waals surface area contributed by atoms with Crippen molar-refractivity contribution >= 4 is 11.6 Å². The first-order valence-corrected chi connectivity index (χ1v) is 6.34. The second-order valence-corrected chi connectivity index (χ2v) is 4.54. The summed E-state index contributed by atoms with van der Waals surface area (Å²) in [4.78, 5) is 12.1. The molecule has 0 aliphatic carbocycles. The fraction of sp³-hybridized carbons (Fsp3) is 0.188. The van der Waals surface area contributed by atoms with Gasteiger partial charge in [-0.05, 0) is 24.6 Å². The monoisotopic (exact) mass is 289 g/mol. The van der Waals surface area contributed by atoms with Crippen LogP contribution in [0, 0.1) is 12.7 Å². The van der Waals surface area contributed by atoms with E-state index in [0.29, 0.717) is 17.2 Å². The van der Waals surface area contributed by atoms with Crippen LogP contribution >= 0.6 is 0 Å². The van der Waals surface area contributed by atoms with Crippen molar-refractivity contribution in [2.24, 2.45) is 0 Å². The van der Waals surface area contributed by atoms with E-state index in [2.05, 4.69) is 5.32 Å². The lowest BCUT2D eigenvalue weighted by Gasteiger charge is -2.10. The highest BCUT2D eigenvalue weighted by atomic mass is 19.1. The molecular formula is C16H16FNO3. The minimum atomic E-state index is -0.553. The lowest BCUT2D eigenvalue weighted by molar-refractivity contribution is 0.102. The highest BCUT2D eigenvalue weighted by Crippen LogP contribution is 2.26. The standard InChI is InChI=1S/C16H16FNO3/c1-10-4-5-14(15(17)6-10)16(19)18-11-7-12(20-2)9-13(8-11)21-3/h4-9H,1-3H3,(H,18,19). The van der Waals surface area contributed by atoms with Crippen LogP contribution in [0.3, 0.4) is 0 Å². The number of methoxy groups -OCH3 is 2. The number of anilines is 1. The first kappa shape index (κ1) is 14.8. The number of benzene rings is 2. The molecule has 0 saturated heterocycles. The maximum absolute atomic E-state index is 13.8. The van der Waals surface area contributed by atoms with Crippen LogP contribution in [0.1, 0.15) is 15.9 Å². The molecule has 0 bridgehead atoms. The second-order valence-electron chi connectivity index (χ2n) is 4.54. The lowest BCUT2D eigenvalue weighted by atomic mass is 10.1. The number of hydrogen-bond donors (Lipinski definition) is 1. The quantitative estimate of drug-likeness (QED) is 0.938. The molecule has 0 saturated carbocycles. The zero-order valence-corrected chi connectivity index (χ0v) is 12.1. The number of rotatable bonds is 4. The summed E-state index contributed by atoms with van der Waals surface area (Å²) in [6.45, 7) is 1.76. The van der Waals surface area contributed by atoms with Gasteiger partial charge in [-0.15, -0.1) is 0 Å². The van der Waals surface area contributed by atoms with Crippen molar-refractivity contribution in [3.8, 4) is 11.5 Å². The van der Waals surface area contributed by atoms with E-state index in [1.165, 1.54) is 26.4 Å². The molecular weight excluding hydrogens is 273 g/mol. The van der Waals surface area contributed by atoms with Crippen molar-refractivity contribution in [3.05, 3.63) is 53.3 Å². The summed E-state index contributed by atoms with van der Waals surface area (Å²) in [5, 5.41) is 2.63. The van der Waals surface area contributed by atoms with Crippen LogP contribution in [-0.4, -0.2) is 20.1 Å². The van der Waals surface area contributed by atoms with Crippen molar-refractivity contribution in [1.29, 1.82) is 0 Å². The van der Waals surface area contributed by atoms with Crippen LogP contribution in [0.4, 0.5) is 10.1 Å². The van der Waals surface area contributed by atoms with Gasteiger partial charge in [0.1, 0.15) is 17.3 Å². The Morgan fingerprint density at radius 1 is 1.05 bits per heavy atom. The fourth-order valence-electron chi connectivity index (χ4n) is 1.88. The summed E-state index contributed by atoms with van der Waals surface area (Å²) in [7, 11) is 3.03. The van der Waals surface area contributed by atoms with Gasteiger partial charge >= 0.3 is 0 Å². The minimum Gasteiger partial charge on any atom is -0.497 e. The third-order valence-electron chi connectivity index (χ3n) is 2.98. The molecule has 2 aromatic carbocycles. The Morgan fingerprint density at radius 3 is 2.19 bits per heavy atom. The molecule has 5 heteroatoms. The second kappa shape index (κ2) is 6.26. The smallest absolute Gasteiger partial charge is 0.258 e. The summed E-state index contributed by atoms with van der Waals surface area (Å²) in [6, 6.07) is 9.41. The van der Waals surface area contributed by atoms with Gasteiger partial charge < -0.3 is 14.8 Å². The molecule has 2 rings (SSSR count). The summed E-state index contributed by atoms with van der Waals surface area (Å²) in [6.07, 6.45) is 0. The average Bonchev–Trinajstić information content (AvgIpc) is 2.46. The predicted octanol–water partition coefficient (Wildman–Crippen LogP) is 3.40. The maximum Gasteiger partial charge on any atom is 0.258 e. The first-order chi connectivity index (χ1) is 10.0. The van der Waals surface area contributed by atoms with E-state index >= 15 is 0 Å². The van der Waals surface area contributed by atoms with E-state index < -0.39 is 11.7 Å². The zero-order valence-electron chi connectivity index (χ0n) is 12.1.